The molecule has 178 valence electrons. The van der Waals surface area contributed by atoms with Gasteiger partial charge in [0.05, 0.1) is 23.2 Å². The molecular formula is C23H23N3O8. The molecule has 6 rings (SSSR count). The number of methoxy groups -OCH3 is 1. The van der Waals surface area contributed by atoms with Crippen molar-refractivity contribution in [3.63, 3.8) is 0 Å². The molecule has 4 heterocycles. The molecule has 2 saturated heterocycles. The second-order valence-corrected chi connectivity index (χ2v) is 9.37. The molecule has 2 N–H and O–H groups in total. The molecule has 11 heteroatoms. The van der Waals surface area contributed by atoms with Gasteiger partial charge in [-0.15, -0.1) is 0 Å². The lowest BCUT2D eigenvalue weighted by Crippen LogP contribution is -2.56. The molecule has 0 bridgehead atoms. The van der Waals surface area contributed by atoms with Gasteiger partial charge in [0.25, 0.3) is 0 Å². The van der Waals surface area contributed by atoms with Crippen molar-refractivity contribution < 1.29 is 38.2 Å². The highest BCUT2D eigenvalue weighted by Crippen LogP contribution is 2.60. The van der Waals surface area contributed by atoms with Gasteiger partial charge in [0.15, 0.2) is 17.3 Å². The van der Waals surface area contributed by atoms with E-state index in [0.29, 0.717) is 37.1 Å². The number of hydrogen-bond donors (Lipinski definition) is 1. The van der Waals surface area contributed by atoms with E-state index in [1.54, 1.807) is 9.80 Å². The molecule has 0 radical (unpaired) electrons. The first kappa shape index (κ1) is 21.1. The summed E-state index contributed by atoms with van der Waals surface area (Å²) in [5.74, 6) is -1.63. The first-order chi connectivity index (χ1) is 16.2. The van der Waals surface area contributed by atoms with Gasteiger partial charge in [0, 0.05) is 51.0 Å². The Morgan fingerprint density at radius 1 is 1.18 bits per heavy atom. The van der Waals surface area contributed by atoms with Gasteiger partial charge < -0.3 is 29.7 Å². The number of ether oxygens (including phenoxy) is 3. The van der Waals surface area contributed by atoms with Crippen molar-refractivity contribution in [1.82, 2.24) is 9.80 Å². The van der Waals surface area contributed by atoms with Gasteiger partial charge in [0.1, 0.15) is 18.4 Å². The largest absolute Gasteiger partial charge is 0.457 e. The summed E-state index contributed by atoms with van der Waals surface area (Å²) in [6.07, 6.45) is 0.546. The zero-order valence-corrected chi connectivity index (χ0v) is 18.7. The van der Waals surface area contributed by atoms with Gasteiger partial charge in [-0.1, -0.05) is 0 Å². The SMILES string of the molecule is CO[C@@]12[C@H](COC(N)=O)C3=C(C(=O)C4=C(OC5=C(C4)C(=O)CCC5)C3=O)N1C[C@H]1[C@@H]2N1C(C)=O. The fraction of sp³-hybridized carbons (Fsp3) is 0.522. The third-order valence-electron chi connectivity index (χ3n) is 7.88. The van der Waals surface area contributed by atoms with E-state index in [2.05, 4.69) is 0 Å². The van der Waals surface area contributed by atoms with Crippen molar-refractivity contribution in [1.29, 1.82) is 0 Å². The molecule has 2 fully saturated rings. The van der Waals surface area contributed by atoms with Crippen molar-refractivity contribution in [3.8, 4) is 0 Å². The van der Waals surface area contributed by atoms with Crippen LogP contribution in [0.3, 0.4) is 0 Å². The molecule has 0 aromatic carbocycles. The predicted octanol–water partition coefficient (Wildman–Crippen LogP) is 0.0565. The van der Waals surface area contributed by atoms with Crippen molar-refractivity contribution in [2.75, 3.05) is 20.3 Å². The number of ketones is 3. The number of nitrogens with zero attached hydrogens (tertiary/aromatic N) is 2. The van der Waals surface area contributed by atoms with Gasteiger partial charge in [0.2, 0.25) is 17.5 Å². The molecule has 0 spiro atoms. The number of piperazine rings is 1. The highest BCUT2D eigenvalue weighted by molar-refractivity contribution is 6.26. The topological polar surface area (TPSA) is 145 Å². The molecule has 0 aromatic heterocycles. The van der Waals surface area contributed by atoms with Gasteiger partial charge in [-0.3, -0.25) is 19.2 Å². The summed E-state index contributed by atoms with van der Waals surface area (Å²) in [6.45, 7) is 1.43. The lowest BCUT2D eigenvalue weighted by molar-refractivity contribution is -0.152. The van der Waals surface area contributed by atoms with Crippen molar-refractivity contribution in [3.05, 3.63) is 33.9 Å². The number of rotatable bonds is 3. The maximum Gasteiger partial charge on any atom is 0.404 e. The molecule has 11 nitrogen and oxygen atoms in total. The van der Waals surface area contributed by atoms with Gasteiger partial charge in [-0.2, -0.15) is 0 Å². The molecule has 0 unspecified atom stereocenters. The van der Waals surface area contributed by atoms with Crippen LogP contribution in [0.4, 0.5) is 4.79 Å². The first-order valence-electron chi connectivity index (χ1n) is 11.3. The van der Waals surface area contributed by atoms with Crippen LogP contribution in [-0.2, 0) is 33.4 Å². The van der Waals surface area contributed by atoms with E-state index in [-0.39, 0.29) is 53.4 Å². The van der Waals surface area contributed by atoms with Crippen LogP contribution in [0, 0.1) is 5.92 Å². The predicted molar refractivity (Wildman–Crippen MR) is 111 cm³/mol. The normalized spacial score (nSPS) is 33.4. The van der Waals surface area contributed by atoms with Crippen LogP contribution >= 0.6 is 0 Å². The number of primary amides is 1. The summed E-state index contributed by atoms with van der Waals surface area (Å²) < 4.78 is 17.0. The van der Waals surface area contributed by atoms with E-state index in [4.69, 9.17) is 19.9 Å². The summed E-state index contributed by atoms with van der Waals surface area (Å²) in [6, 6.07) is -0.619. The number of fused-ring (bicyclic) bond motifs is 4. The maximum absolute atomic E-state index is 13.8. The minimum absolute atomic E-state index is 0.0492. The maximum atomic E-state index is 13.8. The smallest absolute Gasteiger partial charge is 0.404 e. The minimum atomic E-state index is -1.26. The average molecular weight is 469 g/mol. The quantitative estimate of drug-likeness (QED) is 0.448. The van der Waals surface area contributed by atoms with E-state index in [0.717, 1.165) is 0 Å². The monoisotopic (exact) mass is 469 g/mol. The van der Waals surface area contributed by atoms with Crippen LogP contribution in [0.2, 0.25) is 0 Å². The number of amides is 2. The Labute approximate surface area is 194 Å². The Balaban J connectivity index is 1.44. The van der Waals surface area contributed by atoms with Crippen LogP contribution in [0.25, 0.3) is 0 Å². The number of allylic oxidation sites excluding steroid dienone is 4. The second-order valence-electron chi connectivity index (χ2n) is 9.37. The number of hydrogen-bond acceptors (Lipinski definition) is 9. The molecule has 34 heavy (non-hydrogen) atoms. The van der Waals surface area contributed by atoms with Crippen LogP contribution < -0.4 is 5.73 Å². The van der Waals surface area contributed by atoms with E-state index >= 15 is 0 Å². The van der Waals surface area contributed by atoms with E-state index in [1.165, 1.54) is 14.0 Å². The zero-order chi connectivity index (χ0) is 24.1. The molecule has 0 saturated carbocycles. The zero-order valence-electron chi connectivity index (χ0n) is 18.7. The Hall–Kier alpha value is -3.47. The Kier molecular flexibility index (Phi) is 4.21. The van der Waals surface area contributed by atoms with Gasteiger partial charge in [-0.05, 0) is 6.42 Å². The van der Waals surface area contributed by atoms with Gasteiger partial charge in [-0.25, -0.2) is 4.79 Å². The fourth-order valence-corrected chi connectivity index (χ4v) is 6.54. The van der Waals surface area contributed by atoms with Crippen molar-refractivity contribution in [2.45, 2.75) is 50.4 Å². The molecule has 4 atom stereocenters. The molecule has 6 aliphatic rings. The van der Waals surface area contributed by atoms with E-state index < -0.39 is 35.3 Å². The Morgan fingerprint density at radius 2 is 1.94 bits per heavy atom. The molecular weight excluding hydrogens is 446 g/mol. The number of Topliss-reactive ketones (excluding diaryl/α,β-unsaturated/α-hetero) is 3. The first-order valence-corrected chi connectivity index (χ1v) is 11.3. The van der Waals surface area contributed by atoms with Crippen LogP contribution in [0.1, 0.15) is 32.6 Å². The third kappa shape index (κ3) is 2.42. The summed E-state index contributed by atoms with van der Waals surface area (Å²) in [4.78, 5) is 67.1. The highest BCUT2D eigenvalue weighted by Gasteiger charge is 2.77. The summed E-state index contributed by atoms with van der Waals surface area (Å²) in [7, 11) is 1.44. The summed E-state index contributed by atoms with van der Waals surface area (Å²) in [5, 5.41) is 0. The summed E-state index contributed by atoms with van der Waals surface area (Å²) >= 11 is 0. The Bertz CT molecular complexity index is 1210. The standard InChI is InChI=1S/C23H23N3O8/c1-9(27)26-13-7-25-17-16(12(8-33-22(24)31)23(25,32-2)21(13)26)19(30)20-11(18(17)29)6-10-14(28)4-3-5-15(10)34-20/h12-13,21H,3-8H2,1-2H3,(H2,24,31)/t12-,13+,21+,23-,26?/m1/s1. The lowest BCUT2D eigenvalue weighted by Gasteiger charge is -2.40. The van der Waals surface area contributed by atoms with Crippen molar-refractivity contribution in [2.24, 2.45) is 11.7 Å². The number of carbonyl (C=O) groups is 5. The molecule has 0 aromatic rings. The highest BCUT2D eigenvalue weighted by atomic mass is 16.6. The number of carbonyl (C=O) groups excluding carboxylic acids is 5. The molecule has 2 aliphatic carbocycles. The van der Waals surface area contributed by atoms with E-state index in [9.17, 15) is 24.0 Å². The van der Waals surface area contributed by atoms with Gasteiger partial charge >= 0.3 is 6.09 Å². The van der Waals surface area contributed by atoms with Crippen LogP contribution in [-0.4, -0.2) is 77.2 Å². The molecule has 4 aliphatic heterocycles. The van der Waals surface area contributed by atoms with Crippen LogP contribution in [0.15, 0.2) is 33.9 Å². The summed E-state index contributed by atoms with van der Waals surface area (Å²) in [5.41, 5.74) is 4.85. The lowest BCUT2D eigenvalue weighted by atomic mass is 9.79. The second kappa shape index (κ2) is 6.78. The fourth-order valence-electron chi connectivity index (χ4n) is 6.54. The van der Waals surface area contributed by atoms with Crippen LogP contribution in [0.5, 0.6) is 0 Å². The van der Waals surface area contributed by atoms with Crippen molar-refractivity contribution >= 4 is 29.4 Å². The Morgan fingerprint density at radius 3 is 2.62 bits per heavy atom. The van der Waals surface area contributed by atoms with E-state index in [1.807, 2.05) is 0 Å². The minimum Gasteiger partial charge on any atom is -0.457 e. The third-order valence-corrected chi connectivity index (χ3v) is 7.88. The average Bonchev–Trinajstić information content (AvgIpc) is 3.32. The number of nitrogens with two attached hydrogens (primary N) is 1. The molecule has 2 amide bonds.